The average Bonchev–Trinajstić information content (AvgIpc) is 3.31. The highest BCUT2D eigenvalue weighted by Gasteiger charge is 2.45. The van der Waals surface area contributed by atoms with Crippen LogP contribution in [0.1, 0.15) is 25.1 Å². The molecule has 0 aliphatic carbocycles. The quantitative estimate of drug-likeness (QED) is 0.725. The van der Waals surface area contributed by atoms with E-state index in [9.17, 15) is 5.11 Å². The number of hydrogen-bond donors (Lipinski definition) is 2. The Bertz CT molecular complexity index is 704. The molecule has 1 aliphatic rings. The third kappa shape index (κ3) is 4.28. The van der Waals surface area contributed by atoms with Crippen LogP contribution in [0.3, 0.4) is 0 Å². The van der Waals surface area contributed by atoms with E-state index in [4.69, 9.17) is 4.99 Å². The first-order valence-corrected chi connectivity index (χ1v) is 11.0. The minimum atomic E-state index is -0.974. The number of rotatable bonds is 8. The van der Waals surface area contributed by atoms with Gasteiger partial charge in [0.05, 0.1) is 42.1 Å². The molecule has 0 unspecified atom stereocenters. The molecule has 26 heavy (non-hydrogen) atoms. The zero-order valence-electron chi connectivity index (χ0n) is 15.4. The first-order chi connectivity index (χ1) is 12.7. The Balaban J connectivity index is 1.81. The maximum atomic E-state index is 11.5. The van der Waals surface area contributed by atoms with Crippen molar-refractivity contribution in [2.24, 2.45) is 4.99 Å². The largest absolute Gasteiger partial charge is 0.365 e. The second-order valence-corrected chi connectivity index (χ2v) is 8.29. The Morgan fingerprint density at radius 1 is 1.31 bits per heavy atom. The van der Waals surface area contributed by atoms with Crippen molar-refractivity contribution >= 4 is 34.0 Å². The number of quaternary nitrogens is 1. The zero-order valence-corrected chi connectivity index (χ0v) is 17.0. The number of aromatic nitrogens is 1. The number of hydrogen-bond acceptors (Lipinski definition) is 5. The van der Waals surface area contributed by atoms with E-state index in [1.54, 1.807) is 40.4 Å². The molecule has 3 rings (SSSR count). The Hall–Kier alpha value is -1.41. The van der Waals surface area contributed by atoms with Crippen LogP contribution in [0.4, 0.5) is 5.69 Å². The number of thiophene rings is 1. The van der Waals surface area contributed by atoms with Crippen LogP contribution < -0.4 is 4.90 Å². The summed E-state index contributed by atoms with van der Waals surface area (Å²) in [6.45, 7) is 8.62. The first kappa shape index (κ1) is 19.4. The van der Waals surface area contributed by atoms with Gasteiger partial charge in [0.1, 0.15) is 0 Å². The maximum absolute atomic E-state index is 11.5. The van der Waals surface area contributed by atoms with Crippen molar-refractivity contribution in [3.63, 3.8) is 0 Å². The lowest BCUT2D eigenvalue weighted by Gasteiger charge is -2.33. The lowest BCUT2D eigenvalue weighted by molar-refractivity contribution is -0.896. The monoisotopic (exact) mass is 391 g/mol. The van der Waals surface area contributed by atoms with Crippen LogP contribution in [-0.4, -0.2) is 52.1 Å². The Morgan fingerprint density at radius 3 is 2.81 bits per heavy atom. The highest BCUT2D eigenvalue weighted by Crippen LogP contribution is 2.41. The van der Waals surface area contributed by atoms with E-state index >= 15 is 0 Å². The molecular formula is C19H27N4OS2+. The highest BCUT2D eigenvalue weighted by molar-refractivity contribution is 8.14. The van der Waals surface area contributed by atoms with Gasteiger partial charge in [-0.25, -0.2) is 4.99 Å². The van der Waals surface area contributed by atoms with E-state index in [2.05, 4.69) is 23.7 Å². The number of nitrogens with one attached hydrogen (secondary N) is 1. The van der Waals surface area contributed by atoms with Gasteiger partial charge >= 0.3 is 0 Å². The van der Waals surface area contributed by atoms with Gasteiger partial charge in [-0.15, -0.1) is 11.3 Å². The van der Waals surface area contributed by atoms with Crippen molar-refractivity contribution in [1.29, 1.82) is 0 Å². The summed E-state index contributed by atoms with van der Waals surface area (Å²) in [5, 5.41) is 14.4. The fourth-order valence-electron chi connectivity index (χ4n) is 3.18. The van der Waals surface area contributed by atoms with E-state index in [1.165, 1.54) is 0 Å². The van der Waals surface area contributed by atoms with E-state index in [1.807, 2.05) is 29.6 Å². The lowest BCUT2D eigenvalue weighted by Crippen LogP contribution is -3.11. The molecule has 2 aromatic heterocycles. The van der Waals surface area contributed by atoms with E-state index in [0.29, 0.717) is 5.75 Å². The number of amidine groups is 1. The second kappa shape index (κ2) is 8.99. The summed E-state index contributed by atoms with van der Waals surface area (Å²) in [5.74, 6) is 0.602. The summed E-state index contributed by atoms with van der Waals surface area (Å²) in [4.78, 5) is 13.6. The van der Waals surface area contributed by atoms with Gasteiger partial charge in [-0.3, -0.25) is 4.98 Å². The summed E-state index contributed by atoms with van der Waals surface area (Å²) >= 11 is 3.22. The topological polar surface area (TPSA) is 53.2 Å². The maximum Gasteiger partial charge on any atom is 0.185 e. The van der Waals surface area contributed by atoms with Crippen molar-refractivity contribution in [3.05, 3.63) is 46.9 Å². The van der Waals surface area contributed by atoms with Crippen molar-refractivity contribution in [2.75, 3.05) is 31.9 Å². The van der Waals surface area contributed by atoms with Gasteiger partial charge in [-0.05, 0) is 37.4 Å². The molecule has 7 heteroatoms. The summed E-state index contributed by atoms with van der Waals surface area (Å²) < 4.78 is 0. The van der Waals surface area contributed by atoms with Gasteiger partial charge in [0.25, 0.3) is 0 Å². The molecule has 1 aliphatic heterocycles. The molecular weight excluding hydrogens is 364 g/mol. The van der Waals surface area contributed by atoms with Crippen LogP contribution in [0, 0.1) is 0 Å². The van der Waals surface area contributed by atoms with E-state index in [0.717, 1.165) is 48.3 Å². The van der Waals surface area contributed by atoms with Crippen molar-refractivity contribution in [3.8, 4) is 0 Å². The predicted molar refractivity (Wildman–Crippen MR) is 110 cm³/mol. The predicted octanol–water partition coefficient (Wildman–Crippen LogP) is 2.34. The third-order valence-electron chi connectivity index (χ3n) is 4.78. The molecule has 1 fully saturated rings. The molecule has 5 nitrogen and oxygen atoms in total. The van der Waals surface area contributed by atoms with Crippen molar-refractivity contribution in [2.45, 2.75) is 26.0 Å². The van der Waals surface area contributed by atoms with Gasteiger partial charge in [-0.2, -0.15) is 0 Å². The van der Waals surface area contributed by atoms with Gasteiger partial charge < -0.3 is 14.9 Å². The molecule has 2 N–H and O–H groups in total. The number of thioether (sulfide) groups is 1. The van der Waals surface area contributed by atoms with E-state index in [-0.39, 0.29) is 0 Å². The standard InChI is InChI=1S/C19H26N4OS2/c1-3-22(4-2)11-7-12-23-18(21-16-8-5-10-20-14-16)26-15-19(23,24)17-9-6-13-25-17/h5-6,8-10,13-14,24H,3-4,7,11-12,15H2,1-2H3/p+1/t19-/m1/s1. The van der Waals surface area contributed by atoms with Crippen molar-refractivity contribution < 1.29 is 10.0 Å². The molecule has 0 spiro atoms. The fraction of sp³-hybridized carbons (Fsp3) is 0.474. The third-order valence-corrected chi connectivity index (χ3v) is 6.91. The summed E-state index contributed by atoms with van der Waals surface area (Å²) in [6.07, 6.45) is 4.53. The van der Waals surface area contributed by atoms with Gasteiger partial charge in [-0.1, -0.05) is 17.8 Å². The molecule has 1 atom stereocenters. The smallest absolute Gasteiger partial charge is 0.185 e. The molecule has 0 radical (unpaired) electrons. The van der Waals surface area contributed by atoms with Crippen molar-refractivity contribution in [1.82, 2.24) is 9.88 Å². The fourth-order valence-corrected chi connectivity index (χ4v) is 5.32. The van der Waals surface area contributed by atoms with Crippen LogP contribution in [0.2, 0.25) is 0 Å². The Kier molecular flexibility index (Phi) is 6.69. The molecule has 0 saturated carbocycles. The van der Waals surface area contributed by atoms with E-state index < -0.39 is 5.72 Å². The summed E-state index contributed by atoms with van der Waals surface area (Å²) in [6, 6.07) is 7.85. The van der Waals surface area contributed by atoms with Crippen LogP contribution in [0.5, 0.6) is 0 Å². The molecule has 3 heterocycles. The highest BCUT2D eigenvalue weighted by atomic mass is 32.2. The van der Waals surface area contributed by atoms with Crippen LogP contribution in [0.25, 0.3) is 0 Å². The van der Waals surface area contributed by atoms with Gasteiger partial charge in [0.15, 0.2) is 10.9 Å². The number of pyridine rings is 1. The van der Waals surface area contributed by atoms with Gasteiger partial charge in [0, 0.05) is 19.2 Å². The molecule has 1 saturated heterocycles. The minimum Gasteiger partial charge on any atom is -0.365 e. The molecule has 140 valence electrons. The molecule has 0 amide bonds. The SMILES string of the molecule is CC[NH+](CC)CCCN1C(=Nc2cccnc2)SC[C@@]1(O)c1cccs1. The molecule has 0 bridgehead atoms. The lowest BCUT2D eigenvalue weighted by atomic mass is 10.1. The molecule has 2 aromatic rings. The average molecular weight is 392 g/mol. The second-order valence-electron chi connectivity index (χ2n) is 6.40. The summed E-state index contributed by atoms with van der Waals surface area (Å²) in [5.41, 5.74) is -0.150. The van der Waals surface area contributed by atoms with Crippen LogP contribution in [0.15, 0.2) is 47.0 Å². The summed E-state index contributed by atoms with van der Waals surface area (Å²) in [7, 11) is 0. The normalized spacial score (nSPS) is 21.8. The zero-order chi connectivity index (χ0) is 18.4. The van der Waals surface area contributed by atoms with Crippen LogP contribution in [-0.2, 0) is 5.72 Å². The first-order valence-electron chi connectivity index (χ1n) is 9.16. The Morgan fingerprint density at radius 2 is 2.15 bits per heavy atom. The number of nitrogens with zero attached hydrogens (tertiary/aromatic N) is 3. The molecule has 0 aromatic carbocycles. The minimum absolute atomic E-state index is 0.602. The number of aliphatic hydroxyl groups is 1. The number of aliphatic imine (C=N–C) groups is 1. The van der Waals surface area contributed by atoms with Crippen LogP contribution >= 0.6 is 23.1 Å². The Labute approximate surface area is 163 Å². The van der Waals surface area contributed by atoms with Gasteiger partial charge in [0.2, 0.25) is 0 Å².